The Kier molecular flexibility index (Phi) is 5.03. The number of amides is 3. The largest absolute Gasteiger partial charge is 0.417 e. The first-order valence-corrected chi connectivity index (χ1v) is 8.56. The van der Waals surface area contributed by atoms with Gasteiger partial charge < -0.3 is 10.0 Å². The van der Waals surface area contributed by atoms with Gasteiger partial charge in [-0.2, -0.15) is 18.4 Å². The van der Waals surface area contributed by atoms with Crippen molar-refractivity contribution in [3.63, 3.8) is 0 Å². The molecule has 0 aromatic heterocycles. The highest BCUT2D eigenvalue weighted by Gasteiger charge is 2.57. The van der Waals surface area contributed by atoms with E-state index < -0.39 is 41.4 Å². The minimum absolute atomic E-state index is 0.209. The fourth-order valence-corrected chi connectivity index (χ4v) is 3.48. The maximum Gasteiger partial charge on any atom is 0.417 e. The molecule has 6 nitrogen and oxygen atoms in total. The lowest BCUT2D eigenvalue weighted by Crippen LogP contribution is -2.48. The molecule has 0 bridgehead atoms. The van der Waals surface area contributed by atoms with Crippen molar-refractivity contribution in [3.8, 4) is 6.07 Å². The molecule has 10 heteroatoms. The molecule has 0 spiro atoms. The number of hydrogen-bond acceptors (Lipinski definition) is 4. The Labute approximate surface area is 168 Å². The molecule has 29 heavy (non-hydrogen) atoms. The second-order valence-electron chi connectivity index (χ2n) is 6.35. The Hall–Kier alpha value is -3.09. The van der Waals surface area contributed by atoms with E-state index in [1.165, 1.54) is 37.4 Å². The van der Waals surface area contributed by atoms with E-state index in [0.717, 1.165) is 17.0 Å². The summed E-state index contributed by atoms with van der Waals surface area (Å²) in [5.74, 6) is -0.937. The highest BCUT2D eigenvalue weighted by Crippen LogP contribution is 2.41. The molecule has 1 atom stereocenters. The molecular formula is C19H13ClF3N3O3. The monoisotopic (exact) mass is 423 g/mol. The molecule has 0 saturated carbocycles. The summed E-state index contributed by atoms with van der Waals surface area (Å²) >= 11 is 5.97. The van der Waals surface area contributed by atoms with Crippen LogP contribution in [0.1, 0.15) is 16.7 Å². The molecule has 1 fully saturated rings. The van der Waals surface area contributed by atoms with Gasteiger partial charge in [0.1, 0.15) is 0 Å². The first-order chi connectivity index (χ1) is 13.6. The number of halogens is 4. The number of aliphatic hydroxyl groups is 1. The summed E-state index contributed by atoms with van der Waals surface area (Å²) in [4.78, 5) is 27.5. The van der Waals surface area contributed by atoms with Crippen molar-refractivity contribution in [2.24, 2.45) is 0 Å². The Morgan fingerprint density at radius 2 is 1.90 bits per heavy atom. The average Bonchev–Trinajstić information content (AvgIpc) is 2.87. The number of likely N-dealkylation sites (N-methyl/N-ethyl adjacent to an activating group) is 1. The van der Waals surface area contributed by atoms with Crippen LogP contribution in [0, 0.1) is 11.3 Å². The van der Waals surface area contributed by atoms with Crippen LogP contribution in [-0.4, -0.2) is 35.6 Å². The van der Waals surface area contributed by atoms with Crippen LogP contribution in [0.3, 0.4) is 0 Å². The number of benzene rings is 2. The van der Waals surface area contributed by atoms with E-state index in [1.807, 2.05) is 0 Å². The molecule has 0 radical (unpaired) electrons. The Bertz CT molecular complexity index is 1050. The zero-order valence-electron chi connectivity index (χ0n) is 14.9. The number of anilines is 1. The Morgan fingerprint density at radius 1 is 1.21 bits per heavy atom. The van der Waals surface area contributed by atoms with E-state index in [0.29, 0.717) is 11.0 Å². The van der Waals surface area contributed by atoms with Gasteiger partial charge in [-0.15, -0.1) is 0 Å². The van der Waals surface area contributed by atoms with Gasteiger partial charge in [-0.1, -0.05) is 23.7 Å². The standard InChI is InChI=1S/C19H13ClF3N3O3/c1-25-17(29)26(14-6-5-11(9-24)15(8-14)19(21,22)23)16(28)18(25,10-27)12-3-2-4-13(20)7-12/h2-8,27H,10H2,1H3. The van der Waals surface area contributed by atoms with Crippen LogP contribution < -0.4 is 4.90 Å². The number of hydrogen-bond donors (Lipinski definition) is 1. The zero-order valence-corrected chi connectivity index (χ0v) is 15.6. The van der Waals surface area contributed by atoms with Crippen molar-refractivity contribution in [2.45, 2.75) is 11.7 Å². The maximum atomic E-state index is 13.3. The molecular weight excluding hydrogens is 411 g/mol. The third kappa shape index (κ3) is 3.10. The molecule has 1 unspecified atom stereocenters. The number of imide groups is 1. The summed E-state index contributed by atoms with van der Waals surface area (Å²) in [5.41, 5.74) is -3.92. The molecule has 1 aliphatic rings. The van der Waals surface area contributed by atoms with Crippen LogP contribution in [0.25, 0.3) is 0 Å². The van der Waals surface area contributed by atoms with Gasteiger partial charge in [0.05, 0.1) is 29.5 Å². The highest BCUT2D eigenvalue weighted by molar-refractivity contribution is 6.30. The summed E-state index contributed by atoms with van der Waals surface area (Å²) in [7, 11) is 1.26. The van der Waals surface area contributed by atoms with Gasteiger partial charge in [0.15, 0.2) is 5.54 Å². The Morgan fingerprint density at radius 3 is 2.45 bits per heavy atom. The van der Waals surface area contributed by atoms with Crippen LogP contribution in [0.2, 0.25) is 5.02 Å². The van der Waals surface area contributed by atoms with E-state index in [4.69, 9.17) is 16.9 Å². The molecule has 3 amide bonds. The van der Waals surface area contributed by atoms with Gasteiger partial charge in [0, 0.05) is 12.1 Å². The summed E-state index contributed by atoms with van der Waals surface area (Å²) in [6.07, 6.45) is -4.86. The fourth-order valence-electron chi connectivity index (χ4n) is 3.29. The van der Waals surface area contributed by atoms with Crippen LogP contribution in [-0.2, 0) is 16.5 Å². The third-order valence-electron chi connectivity index (χ3n) is 4.83. The first kappa shape index (κ1) is 20.6. The topological polar surface area (TPSA) is 84.6 Å². The van der Waals surface area contributed by atoms with Crippen molar-refractivity contribution in [1.82, 2.24) is 4.90 Å². The van der Waals surface area contributed by atoms with E-state index >= 15 is 0 Å². The number of nitriles is 1. The first-order valence-electron chi connectivity index (χ1n) is 8.18. The molecule has 3 rings (SSSR count). The van der Waals surface area contributed by atoms with E-state index in [1.54, 1.807) is 0 Å². The van der Waals surface area contributed by atoms with Crippen LogP contribution in [0.4, 0.5) is 23.7 Å². The molecule has 150 valence electrons. The van der Waals surface area contributed by atoms with Gasteiger partial charge in [-0.05, 0) is 35.9 Å². The van der Waals surface area contributed by atoms with E-state index in [-0.39, 0.29) is 16.3 Å². The Balaban J connectivity index is 2.17. The molecule has 1 N–H and O–H groups in total. The van der Waals surface area contributed by atoms with E-state index in [2.05, 4.69) is 0 Å². The number of alkyl halides is 3. The quantitative estimate of drug-likeness (QED) is 0.765. The fraction of sp³-hybridized carbons (Fsp3) is 0.211. The average molecular weight is 424 g/mol. The van der Waals surface area contributed by atoms with Crippen molar-refractivity contribution < 1.29 is 27.9 Å². The minimum Gasteiger partial charge on any atom is -0.393 e. The van der Waals surface area contributed by atoms with Crippen molar-refractivity contribution in [1.29, 1.82) is 5.26 Å². The molecule has 1 heterocycles. The van der Waals surface area contributed by atoms with Crippen molar-refractivity contribution >= 4 is 29.2 Å². The van der Waals surface area contributed by atoms with Crippen LogP contribution in [0.15, 0.2) is 42.5 Å². The maximum absolute atomic E-state index is 13.3. The molecule has 2 aromatic carbocycles. The second kappa shape index (κ2) is 7.06. The minimum atomic E-state index is -4.86. The summed E-state index contributed by atoms with van der Waals surface area (Å²) in [5, 5.41) is 19.2. The predicted molar refractivity (Wildman–Crippen MR) is 97.0 cm³/mol. The number of carbonyl (C=O) groups is 2. The van der Waals surface area contributed by atoms with Gasteiger partial charge >= 0.3 is 12.2 Å². The number of nitrogens with zero attached hydrogens (tertiary/aromatic N) is 3. The summed E-state index contributed by atoms with van der Waals surface area (Å²) in [6, 6.07) is 8.95. The van der Waals surface area contributed by atoms with Gasteiger partial charge in [-0.3, -0.25) is 4.79 Å². The second-order valence-corrected chi connectivity index (χ2v) is 6.79. The molecule has 1 saturated heterocycles. The number of carbonyl (C=O) groups excluding carboxylic acids is 2. The molecule has 1 aliphatic heterocycles. The van der Waals surface area contributed by atoms with Crippen LogP contribution in [0.5, 0.6) is 0 Å². The summed E-state index contributed by atoms with van der Waals surface area (Å²) < 4.78 is 39.9. The lowest BCUT2D eigenvalue weighted by molar-refractivity contribution is -0.137. The van der Waals surface area contributed by atoms with Crippen molar-refractivity contribution in [2.75, 3.05) is 18.6 Å². The lowest BCUT2D eigenvalue weighted by atomic mass is 9.89. The van der Waals surface area contributed by atoms with Crippen molar-refractivity contribution in [3.05, 3.63) is 64.2 Å². The smallest absolute Gasteiger partial charge is 0.393 e. The number of aliphatic hydroxyl groups excluding tert-OH is 1. The summed E-state index contributed by atoms with van der Waals surface area (Å²) in [6.45, 7) is -0.812. The molecule has 0 aliphatic carbocycles. The normalized spacial score (nSPS) is 19.6. The SMILES string of the molecule is CN1C(=O)N(c2ccc(C#N)c(C(F)(F)F)c2)C(=O)C1(CO)c1cccc(Cl)c1. The van der Waals surface area contributed by atoms with Gasteiger partial charge in [0.2, 0.25) is 0 Å². The number of urea groups is 1. The van der Waals surface area contributed by atoms with Gasteiger partial charge in [0.25, 0.3) is 5.91 Å². The van der Waals surface area contributed by atoms with Crippen LogP contribution >= 0.6 is 11.6 Å². The third-order valence-corrected chi connectivity index (χ3v) is 5.06. The lowest BCUT2D eigenvalue weighted by Gasteiger charge is -2.31. The zero-order chi connectivity index (χ0) is 21.6. The highest BCUT2D eigenvalue weighted by atomic mass is 35.5. The van der Waals surface area contributed by atoms with E-state index in [9.17, 15) is 27.9 Å². The number of rotatable bonds is 3. The molecule has 2 aromatic rings. The van der Waals surface area contributed by atoms with Gasteiger partial charge in [-0.25, -0.2) is 9.69 Å². The predicted octanol–water partition coefficient (Wildman–Crippen LogP) is 3.52.